The van der Waals surface area contributed by atoms with Crippen LogP contribution in [0.15, 0.2) is 0 Å². The summed E-state index contributed by atoms with van der Waals surface area (Å²) in [5.74, 6) is -1.32. The molecule has 1 aliphatic heterocycles. The van der Waals surface area contributed by atoms with Crippen LogP contribution >= 0.6 is 0 Å². The second-order valence-electron chi connectivity index (χ2n) is 4.21. The van der Waals surface area contributed by atoms with Gasteiger partial charge in [-0.05, 0) is 12.8 Å². The average molecular weight is 225 g/mol. The molecule has 5 heteroatoms. The molecule has 1 aliphatic carbocycles. The number of carbonyl (C=O) groups excluding carboxylic acids is 1. The lowest BCUT2D eigenvalue weighted by Gasteiger charge is -2.37. The molecule has 16 heavy (non-hydrogen) atoms. The minimum Gasteiger partial charge on any atom is -0.468 e. The van der Waals surface area contributed by atoms with Crippen molar-refractivity contribution < 1.29 is 19.0 Å². The molecule has 88 valence electrons. The molecule has 0 unspecified atom stereocenters. The summed E-state index contributed by atoms with van der Waals surface area (Å²) in [5, 5.41) is 8.91. The van der Waals surface area contributed by atoms with Gasteiger partial charge in [0.25, 0.3) is 0 Å². The highest BCUT2D eigenvalue weighted by molar-refractivity contribution is 5.79. The standard InChI is InChI=1S/C11H15NO4/c1-14-9(13)10(5-6-12)3-2-4-11(10)15-7-8-16-11/h2-5,7-8H2,1H3/t10-/m0/s1. The summed E-state index contributed by atoms with van der Waals surface area (Å²) in [6.45, 7) is 0.953. The van der Waals surface area contributed by atoms with Gasteiger partial charge in [-0.1, -0.05) is 0 Å². The molecular weight excluding hydrogens is 210 g/mol. The summed E-state index contributed by atoms with van der Waals surface area (Å²) in [6, 6.07) is 2.06. The molecule has 0 N–H and O–H groups in total. The fourth-order valence-electron chi connectivity index (χ4n) is 2.81. The zero-order chi connectivity index (χ0) is 11.6. The van der Waals surface area contributed by atoms with Crippen molar-refractivity contribution in [1.29, 1.82) is 5.26 Å². The molecule has 2 rings (SSSR count). The fraction of sp³-hybridized carbons (Fsp3) is 0.818. The molecule has 0 bridgehead atoms. The lowest BCUT2D eigenvalue weighted by Crippen LogP contribution is -2.50. The molecule has 0 aromatic carbocycles. The highest BCUT2D eigenvalue weighted by atomic mass is 16.7. The molecule has 1 spiro atoms. The summed E-state index contributed by atoms with van der Waals surface area (Å²) in [5.41, 5.74) is -0.938. The Labute approximate surface area is 94.3 Å². The SMILES string of the molecule is COC(=O)[C@@]1(CC#N)CCCC12OCCO2. The number of carbonyl (C=O) groups is 1. The number of nitriles is 1. The zero-order valence-electron chi connectivity index (χ0n) is 9.32. The van der Waals surface area contributed by atoms with Gasteiger partial charge in [0.05, 0.1) is 32.8 Å². The zero-order valence-corrected chi connectivity index (χ0v) is 9.32. The van der Waals surface area contributed by atoms with Gasteiger partial charge in [0.2, 0.25) is 0 Å². The number of methoxy groups -OCH3 is 1. The van der Waals surface area contributed by atoms with Crippen molar-refractivity contribution >= 4 is 5.97 Å². The van der Waals surface area contributed by atoms with E-state index in [2.05, 4.69) is 6.07 Å². The van der Waals surface area contributed by atoms with Gasteiger partial charge in [-0.2, -0.15) is 5.26 Å². The van der Waals surface area contributed by atoms with Crippen LogP contribution in [0, 0.1) is 16.7 Å². The summed E-state index contributed by atoms with van der Waals surface area (Å²) in [4.78, 5) is 12.0. The quantitative estimate of drug-likeness (QED) is 0.655. The van der Waals surface area contributed by atoms with Gasteiger partial charge < -0.3 is 14.2 Å². The number of hydrogen-bond acceptors (Lipinski definition) is 5. The minimum atomic E-state index is -0.938. The average Bonchev–Trinajstić information content (AvgIpc) is 2.89. The van der Waals surface area contributed by atoms with Crippen LogP contribution in [-0.4, -0.2) is 32.1 Å². The first-order valence-electron chi connectivity index (χ1n) is 5.44. The molecule has 0 aromatic rings. The summed E-state index contributed by atoms with van der Waals surface area (Å²) in [7, 11) is 1.34. The molecule has 1 saturated heterocycles. The van der Waals surface area contributed by atoms with Gasteiger partial charge in [0.15, 0.2) is 5.79 Å². The first-order valence-corrected chi connectivity index (χ1v) is 5.44. The monoisotopic (exact) mass is 225 g/mol. The maximum Gasteiger partial charge on any atom is 0.318 e. The van der Waals surface area contributed by atoms with E-state index >= 15 is 0 Å². The van der Waals surface area contributed by atoms with Crippen molar-refractivity contribution in [3.8, 4) is 6.07 Å². The predicted octanol–water partition coefficient (Wildman–Crippen LogP) is 0.986. The third-order valence-corrected chi connectivity index (χ3v) is 3.55. The van der Waals surface area contributed by atoms with E-state index in [-0.39, 0.29) is 6.42 Å². The van der Waals surface area contributed by atoms with E-state index in [0.717, 1.165) is 6.42 Å². The predicted molar refractivity (Wildman–Crippen MR) is 53.2 cm³/mol. The van der Waals surface area contributed by atoms with Crippen molar-refractivity contribution in [1.82, 2.24) is 0 Å². The van der Waals surface area contributed by atoms with Crippen LogP contribution in [0.25, 0.3) is 0 Å². The highest BCUT2D eigenvalue weighted by Gasteiger charge is 2.64. The van der Waals surface area contributed by atoms with Crippen LogP contribution in [0.3, 0.4) is 0 Å². The number of hydrogen-bond donors (Lipinski definition) is 0. The Balaban J connectivity index is 2.37. The van der Waals surface area contributed by atoms with Gasteiger partial charge in [-0.15, -0.1) is 0 Å². The van der Waals surface area contributed by atoms with Crippen LogP contribution in [0.2, 0.25) is 0 Å². The molecule has 0 radical (unpaired) electrons. The van der Waals surface area contributed by atoms with Crippen molar-refractivity contribution in [3.63, 3.8) is 0 Å². The number of nitrogens with zero attached hydrogens (tertiary/aromatic N) is 1. The smallest absolute Gasteiger partial charge is 0.318 e. The van der Waals surface area contributed by atoms with Crippen molar-refractivity contribution in [3.05, 3.63) is 0 Å². The Kier molecular flexibility index (Phi) is 2.87. The number of esters is 1. The van der Waals surface area contributed by atoms with E-state index in [0.29, 0.717) is 26.1 Å². The second kappa shape index (κ2) is 4.04. The number of ether oxygens (including phenoxy) is 3. The van der Waals surface area contributed by atoms with Gasteiger partial charge >= 0.3 is 5.97 Å². The molecular formula is C11H15NO4. The van der Waals surface area contributed by atoms with Gasteiger partial charge in [-0.3, -0.25) is 4.79 Å². The molecule has 1 heterocycles. The fourth-order valence-corrected chi connectivity index (χ4v) is 2.81. The van der Waals surface area contributed by atoms with Crippen LogP contribution in [0.5, 0.6) is 0 Å². The lowest BCUT2D eigenvalue weighted by molar-refractivity contribution is -0.229. The Morgan fingerprint density at radius 3 is 2.69 bits per heavy atom. The van der Waals surface area contributed by atoms with E-state index in [1.54, 1.807) is 0 Å². The second-order valence-corrected chi connectivity index (χ2v) is 4.21. The Bertz CT molecular complexity index is 324. The van der Waals surface area contributed by atoms with Gasteiger partial charge in [-0.25, -0.2) is 0 Å². The van der Waals surface area contributed by atoms with Crippen LogP contribution in [-0.2, 0) is 19.0 Å². The summed E-state index contributed by atoms with van der Waals surface area (Å²) < 4.78 is 16.1. The van der Waals surface area contributed by atoms with Crippen molar-refractivity contribution in [2.24, 2.45) is 5.41 Å². The topological polar surface area (TPSA) is 68.6 Å². The van der Waals surface area contributed by atoms with E-state index in [4.69, 9.17) is 19.5 Å². The lowest BCUT2D eigenvalue weighted by atomic mass is 9.78. The van der Waals surface area contributed by atoms with Crippen molar-refractivity contribution in [2.45, 2.75) is 31.5 Å². The molecule has 5 nitrogen and oxygen atoms in total. The van der Waals surface area contributed by atoms with Gasteiger partial charge in [0, 0.05) is 6.42 Å². The summed E-state index contributed by atoms with van der Waals surface area (Å²) >= 11 is 0. The van der Waals surface area contributed by atoms with E-state index in [1.807, 2.05) is 0 Å². The Morgan fingerprint density at radius 1 is 1.44 bits per heavy atom. The Morgan fingerprint density at radius 2 is 2.12 bits per heavy atom. The maximum atomic E-state index is 12.0. The third kappa shape index (κ3) is 1.34. The summed E-state index contributed by atoms with van der Waals surface area (Å²) in [6.07, 6.45) is 2.15. The van der Waals surface area contributed by atoms with E-state index < -0.39 is 17.2 Å². The largest absolute Gasteiger partial charge is 0.468 e. The van der Waals surface area contributed by atoms with Crippen LogP contribution in [0.4, 0.5) is 0 Å². The van der Waals surface area contributed by atoms with Crippen LogP contribution in [0.1, 0.15) is 25.7 Å². The van der Waals surface area contributed by atoms with Gasteiger partial charge in [0.1, 0.15) is 5.41 Å². The van der Waals surface area contributed by atoms with Crippen LogP contribution < -0.4 is 0 Å². The first-order chi connectivity index (χ1) is 7.71. The third-order valence-electron chi connectivity index (χ3n) is 3.55. The maximum absolute atomic E-state index is 12.0. The molecule has 1 atom stereocenters. The molecule has 1 saturated carbocycles. The normalized spacial score (nSPS) is 31.5. The molecule has 2 aliphatic rings. The molecule has 0 amide bonds. The van der Waals surface area contributed by atoms with E-state index in [1.165, 1.54) is 7.11 Å². The minimum absolute atomic E-state index is 0.0830. The van der Waals surface area contributed by atoms with Crippen molar-refractivity contribution in [2.75, 3.05) is 20.3 Å². The first kappa shape index (κ1) is 11.4. The molecule has 2 fully saturated rings. The van der Waals surface area contributed by atoms with E-state index in [9.17, 15) is 4.79 Å². The molecule has 0 aromatic heterocycles. The highest BCUT2D eigenvalue weighted by Crippen LogP contribution is 2.54. The Hall–Kier alpha value is -1.12. The number of rotatable bonds is 2.